The van der Waals surface area contributed by atoms with E-state index in [1.54, 1.807) is 18.2 Å². The van der Waals surface area contributed by atoms with Crippen molar-refractivity contribution in [3.63, 3.8) is 0 Å². The fourth-order valence-electron chi connectivity index (χ4n) is 1.36. The molecule has 2 rings (SSSR count). The van der Waals surface area contributed by atoms with Gasteiger partial charge in [-0.2, -0.15) is 5.10 Å². The van der Waals surface area contributed by atoms with Gasteiger partial charge in [0.05, 0.1) is 10.7 Å². The molecule has 2 aromatic rings. The minimum Gasteiger partial charge on any atom is -0.398 e. The van der Waals surface area contributed by atoms with Gasteiger partial charge in [-0.25, -0.2) is 0 Å². The molecule has 0 saturated carbocycles. The van der Waals surface area contributed by atoms with Crippen molar-refractivity contribution in [1.29, 1.82) is 0 Å². The second-order valence-electron chi connectivity index (χ2n) is 3.63. The van der Waals surface area contributed by atoms with E-state index >= 15 is 0 Å². The van der Waals surface area contributed by atoms with Crippen LogP contribution in [0.15, 0.2) is 24.3 Å². The molecule has 0 spiro atoms. The van der Waals surface area contributed by atoms with Crippen molar-refractivity contribution in [3.05, 3.63) is 40.5 Å². The van der Waals surface area contributed by atoms with Crippen LogP contribution in [0, 0.1) is 6.92 Å². The first-order valence-electron chi connectivity index (χ1n) is 4.94. The number of aromatic nitrogens is 2. The van der Waals surface area contributed by atoms with Crippen molar-refractivity contribution in [2.24, 2.45) is 0 Å². The Kier molecular flexibility index (Phi) is 3.01. The summed E-state index contributed by atoms with van der Waals surface area (Å²) >= 11 is 5.77. The van der Waals surface area contributed by atoms with E-state index in [1.807, 2.05) is 6.92 Å². The Morgan fingerprint density at radius 1 is 1.47 bits per heavy atom. The average Bonchev–Trinajstić information content (AvgIpc) is 2.68. The summed E-state index contributed by atoms with van der Waals surface area (Å²) in [5.74, 6) is 0.195. The lowest BCUT2D eigenvalue weighted by molar-refractivity contribution is 0.102. The molecule has 1 amide bonds. The van der Waals surface area contributed by atoms with Crippen LogP contribution in [0.1, 0.15) is 16.1 Å². The number of rotatable bonds is 2. The maximum absolute atomic E-state index is 11.8. The van der Waals surface area contributed by atoms with Crippen molar-refractivity contribution in [2.45, 2.75) is 6.92 Å². The second-order valence-corrected chi connectivity index (χ2v) is 4.03. The van der Waals surface area contributed by atoms with E-state index in [0.717, 1.165) is 5.69 Å². The second kappa shape index (κ2) is 4.47. The number of carbonyl (C=O) groups excluding carboxylic acids is 1. The van der Waals surface area contributed by atoms with E-state index in [9.17, 15) is 4.79 Å². The van der Waals surface area contributed by atoms with Gasteiger partial charge in [-0.05, 0) is 25.1 Å². The number of halogens is 1. The molecule has 5 nitrogen and oxygen atoms in total. The number of hydrogen-bond acceptors (Lipinski definition) is 3. The zero-order chi connectivity index (χ0) is 12.4. The Bertz CT molecular complexity index is 564. The molecule has 0 aliphatic heterocycles. The van der Waals surface area contributed by atoms with Crippen LogP contribution in [0.5, 0.6) is 0 Å². The van der Waals surface area contributed by atoms with Crippen LogP contribution in [-0.2, 0) is 0 Å². The molecule has 88 valence electrons. The normalized spacial score (nSPS) is 10.2. The van der Waals surface area contributed by atoms with Crippen LogP contribution in [-0.4, -0.2) is 16.1 Å². The molecular weight excluding hydrogens is 240 g/mol. The molecule has 0 saturated heterocycles. The highest BCUT2D eigenvalue weighted by Gasteiger charge is 2.09. The number of benzene rings is 1. The SMILES string of the molecule is Cc1cc(NC(=O)c2ccc(Cl)c(N)c2)n[nH]1. The molecular formula is C11H11ClN4O. The number of nitrogen functional groups attached to an aromatic ring is 1. The lowest BCUT2D eigenvalue weighted by atomic mass is 10.2. The molecule has 17 heavy (non-hydrogen) atoms. The first kappa shape index (κ1) is 11.5. The fraction of sp³-hybridized carbons (Fsp3) is 0.0909. The summed E-state index contributed by atoms with van der Waals surface area (Å²) in [6.45, 7) is 1.85. The summed E-state index contributed by atoms with van der Waals surface area (Å²) in [7, 11) is 0. The fourth-order valence-corrected chi connectivity index (χ4v) is 1.47. The molecule has 0 aliphatic rings. The number of hydrogen-bond donors (Lipinski definition) is 3. The highest BCUT2D eigenvalue weighted by atomic mass is 35.5. The van der Waals surface area contributed by atoms with Crippen LogP contribution < -0.4 is 11.1 Å². The highest BCUT2D eigenvalue weighted by molar-refractivity contribution is 6.33. The van der Waals surface area contributed by atoms with Crippen molar-refractivity contribution < 1.29 is 4.79 Å². The monoisotopic (exact) mass is 250 g/mol. The van der Waals surface area contributed by atoms with Gasteiger partial charge in [0, 0.05) is 17.3 Å². The molecule has 0 atom stereocenters. The van der Waals surface area contributed by atoms with Gasteiger partial charge in [0.25, 0.3) is 5.91 Å². The molecule has 0 radical (unpaired) electrons. The predicted octanol–water partition coefficient (Wildman–Crippen LogP) is 2.21. The molecule has 4 N–H and O–H groups in total. The summed E-state index contributed by atoms with van der Waals surface area (Å²) in [6.07, 6.45) is 0. The van der Waals surface area contributed by atoms with Crippen molar-refractivity contribution >= 4 is 29.0 Å². The third-order valence-corrected chi connectivity index (χ3v) is 2.55. The van der Waals surface area contributed by atoms with Gasteiger partial charge in [-0.15, -0.1) is 0 Å². The van der Waals surface area contributed by atoms with E-state index in [0.29, 0.717) is 22.1 Å². The van der Waals surface area contributed by atoms with Crippen molar-refractivity contribution in [3.8, 4) is 0 Å². The summed E-state index contributed by atoms with van der Waals surface area (Å²) in [5, 5.41) is 9.72. The van der Waals surface area contributed by atoms with Crippen LogP contribution in [0.2, 0.25) is 5.02 Å². The largest absolute Gasteiger partial charge is 0.398 e. The van der Waals surface area contributed by atoms with Gasteiger partial charge in [0.1, 0.15) is 0 Å². The van der Waals surface area contributed by atoms with Gasteiger partial charge in [0.15, 0.2) is 5.82 Å². The summed E-state index contributed by atoms with van der Waals surface area (Å²) in [6, 6.07) is 6.45. The first-order chi connectivity index (χ1) is 8.06. The topological polar surface area (TPSA) is 83.8 Å². The number of amides is 1. The Labute approximate surface area is 103 Å². The Morgan fingerprint density at radius 2 is 2.24 bits per heavy atom. The Morgan fingerprint density at radius 3 is 2.82 bits per heavy atom. The zero-order valence-corrected chi connectivity index (χ0v) is 9.88. The third kappa shape index (κ3) is 2.57. The van der Waals surface area contributed by atoms with Crippen LogP contribution in [0.3, 0.4) is 0 Å². The molecule has 0 fully saturated rings. The van der Waals surface area contributed by atoms with Gasteiger partial charge in [-0.3, -0.25) is 9.89 Å². The Balaban J connectivity index is 2.17. The first-order valence-corrected chi connectivity index (χ1v) is 5.32. The molecule has 1 aromatic heterocycles. The number of H-pyrrole nitrogens is 1. The lowest BCUT2D eigenvalue weighted by Gasteiger charge is -2.03. The molecule has 0 unspecified atom stereocenters. The number of nitrogens with two attached hydrogens (primary N) is 1. The predicted molar refractivity (Wildman–Crippen MR) is 67.1 cm³/mol. The van der Waals surface area contributed by atoms with Gasteiger partial charge in [-0.1, -0.05) is 11.6 Å². The lowest BCUT2D eigenvalue weighted by Crippen LogP contribution is -2.12. The highest BCUT2D eigenvalue weighted by Crippen LogP contribution is 2.20. The van der Waals surface area contributed by atoms with Crippen LogP contribution >= 0.6 is 11.6 Å². The number of nitrogens with zero attached hydrogens (tertiary/aromatic N) is 1. The van der Waals surface area contributed by atoms with E-state index in [2.05, 4.69) is 15.5 Å². The van der Waals surface area contributed by atoms with Crippen molar-refractivity contribution in [1.82, 2.24) is 10.2 Å². The zero-order valence-electron chi connectivity index (χ0n) is 9.12. The van der Waals surface area contributed by atoms with E-state index in [1.165, 1.54) is 6.07 Å². The van der Waals surface area contributed by atoms with E-state index in [4.69, 9.17) is 17.3 Å². The van der Waals surface area contributed by atoms with Gasteiger partial charge < -0.3 is 11.1 Å². The number of aromatic amines is 1. The average molecular weight is 251 g/mol. The number of anilines is 2. The number of carbonyl (C=O) groups is 1. The Hall–Kier alpha value is -2.01. The van der Waals surface area contributed by atoms with Crippen LogP contribution in [0.4, 0.5) is 11.5 Å². The van der Waals surface area contributed by atoms with Crippen LogP contribution in [0.25, 0.3) is 0 Å². The molecule has 1 heterocycles. The molecule has 0 aliphatic carbocycles. The number of aryl methyl sites for hydroxylation is 1. The maximum atomic E-state index is 11.8. The summed E-state index contributed by atoms with van der Waals surface area (Å²) in [5.41, 5.74) is 7.30. The number of nitrogens with one attached hydrogen (secondary N) is 2. The standard InChI is InChI=1S/C11H11ClN4O/c1-6-4-10(16-15-6)14-11(17)7-2-3-8(12)9(13)5-7/h2-5H,13H2,1H3,(H2,14,15,16,17). The smallest absolute Gasteiger partial charge is 0.256 e. The summed E-state index contributed by atoms with van der Waals surface area (Å²) in [4.78, 5) is 11.8. The van der Waals surface area contributed by atoms with Crippen molar-refractivity contribution in [2.75, 3.05) is 11.1 Å². The third-order valence-electron chi connectivity index (χ3n) is 2.21. The molecule has 6 heteroatoms. The van der Waals surface area contributed by atoms with E-state index in [-0.39, 0.29) is 5.91 Å². The maximum Gasteiger partial charge on any atom is 0.256 e. The minimum absolute atomic E-state index is 0.278. The quantitative estimate of drug-likeness (QED) is 0.715. The summed E-state index contributed by atoms with van der Waals surface area (Å²) < 4.78 is 0. The van der Waals surface area contributed by atoms with Gasteiger partial charge in [0.2, 0.25) is 0 Å². The molecule has 0 bridgehead atoms. The van der Waals surface area contributed by atoms with E-state index < -0.39 is 0 Å². The minimum atomic E-state index is -0.278. The van der Waals surface area contributed by atoms with Gasteiger partial charge >= 0.3 is 0 Å². The molecule has 1 aromatic carbocycles.